The number of hydrogen-bond donors (Lipinski definition) is 1. The molecular weight excluding hydrogens is 284 g/mol. The maximum absolute atomic E-state index is 12.2. The zero-order valence-electron chi connectivity index (χ0n) is 10.9. The van der Waals surface area contributed by atoms with Crippen molar-refractivity contribution in [3.63, 3.8) is 0 Å². The van der Waals surface area contributed by atoms with Gasteiger partial charge in [0.2, 0.25) is 10.0 Å². The molecule has 0 radical (unpaired) electrons. The Morgan fingerprint density at radius 1 is 1.16 bits per heavy atom. The van der Waals surface area contributed by atoms with Crippen LogP contribution in [0.25, 0.3) is 0 Å². The molecule has 6 heteroatoms. The SMILES string of the molecule is Cl.NCCN(CCc1ccccc1)S(=O)(=O)C1CC1. The molecule has 1 aliphatic rings. The third kappa shape index (κ3) is 4.45. The first-order valence-corrected chi connectivity index (χ1v) is 7.88. The number of benzene rings is 1. The zero-order valence-corrected chi connectivity index (χ0v) is 12.5. The van der Waals surface area contributed by atoms with Gasteiger partial charge in [0.15, 0.2) is 0 Å². The van der Waals surface area contributed by atoms with Crippen LogP contribution in [0.2, 0.25) is 0 Å². The minimum absolute atomic E-state index is 0. The third-order valence-corrected chi connectivity index (χ3v) is 5.58. The molecule has 4 nitrogen and oxygen atoms in total. The Hall–Kier alpha value is -0.620. The summed E-state index contributed by atoms with van der Waals surface area (Å²) in [6.45, 7) is 1.33. The van der Waals surface area contributed by atoms with Crippen LogP contribution < -0.4 is 5.73 Å². The van der Waals surface area contributed by atoms with E-state index in [0.29, 0.717) is 19.6 Å². The van der Waals surface area contributed by atoms with Gasteiger partial charge in [0.1, 0.15) is 0 Å². The molecular formula is C13H21ClN2O2S. The Morgan fingerprint density at radius 3 is 2.32 bits per heavy atom. The van der Waals surface area contributed by atoms with Crippen LogP contribution in [0.1, 0.15) is 18.4 Å². The van der Waals surface area contributed by atoms with Gasteiger partial charge in [0.05, 0.1) is 5.25 Å². The van der Waals surface area contributed by atoms with Gasteiger partial charge in [0, 0.05) is 19.6 Å². The second kappa shape index (κ2) is 7.24. The molecule has 0 amide bonds. The summed E-state index contributed by atoms with van der Waals surface area (Å²) in [4.78, 5) is 0. The van der Waals surface area contributed by atoms with Gasteiger partial charge in [-0.15, -0.1) is 12.4 Å². The molecule has 1 fully saturated rings. The molecule has 1 saturated carbocycles. The molecule has 2 N–H and O–H groups in total. The third-order valence-electron chi connectivity index (χ3n) is 3.18. The maximum Gasteiger partial charge on any atom is 0.217 e. The molecule has 0 heterocycles. The summed E-state index contributed by atoms with van der Waals surface area (Å²) in [5, 5.41) is -0.153. The summed E-state index contributed by atoms with van der Waals surface area (Å²) in [5.41, 5.74) is 6.67. The molecule has 0 unspecified atom stereocenters. The van der Waals surface area contributed by atoms with Crippen molar-refractivity contribution < 1.29 is 8.42 Å². The van der Waals surface area contributed by atoms with Crippen LogP contribution in [-0.2, 0) is 16.4 Å². The van der Waals surface area contributed by atoms with E-state index in [9.17, 15) is 8.42 Å². The summed E-state index contributed by atoms with van der Waals surface area (Å²) in [6, 6.07) is 9.94. The monoisotopic (exact) mass is 304 g/mol. The lowest BCUT2D eigenvalue weighted by Gasteiger charge is -2.21. The van der Waals surface area contributed by atoms with E-state index < -0.39 is 10.0 Å². The van der Waals surface area contributed by atoms with Crippen molar-refractivity contribution >= 4 is 22.4 Å². The van der Waals surface area contributed by atoms with Crippen LogP contribution in [0, 0.1) is 0 Å². The predicted molar refractivity (Wildman–Crippen MR) is 80.0 cm³/mol. The molecule has 19 heavy (non-hydrogen) atoms. The van der Waals surface area contributed by atoms with E-state index in [0.717, 1.165) is 24.8 Å². The van der Waals surface area contributed by atoms with Crippen LogP contribution in [0.5, 0.6) is 0 Å². The molecule has 0 atom stereocenters. The second-order valence-electron chi connectivity index (χ2n) is 4.67. The van der Waals surface area contributed by atoms with E-state index in [2.05, 4.69) is 0 Å². The average Bonchev–Trinajstić information content (AvgIpc) is 3.20. The number of hydrogen-bond acceptors (Lipinski definition) is 3. The summed E-state index contributed by atoms with van der Waals surface area (Å²) in [6.07, 6.45) is 2.34. The number of sulfonamides is 1. The summed E-state index contributed by atoms with van der Waals surface area (Å²) in [5.74, 6) is 0. The number of nitrogens with zero attached hydrogens (tertiary/aromatic N) is 1. The van der Waals surface area contributed by atoms with Crippen LogP contribution in [0.4, 0.5) is 0 Å². The van der Waals surface area contributed by atoms with E-state index in [1.807, 2.05) is 30.3 Å². The highest BCUT2D eigenvalue weighted by atomic mass is 35.5. The fourth-order valence-corrected chi connectivity index (χ4v) is 3.84. The first kappa shape index (κ1) is 16.4. The van der Waals surface area contributed by atoms with Crippen molar-refractivity contribution in [3.05, 3.63) is 35.9 Å². The van der Waals surface area contributed by atoms with Gasteiger partial charge in [0.25, 0.3) is 0 Å². The number of halogens is 1. The summed E-state index contributed by atoms with van der Waals surface area (Å²) in [7, 11) is -3.11. The Balaban J connectivity index is 0.00000180. The molecule has 0 aliphatic heterocycles. The highest BCUT2D eigenvalue weighted by Gasteiger charge is 2.39. The minimum Gasteiger partial charge on any atom is -0.329 e. The molecule has 1 aromatic carbocycles. The second-order valence-corrected chi connectivity index (χ2v) is 6.88. The fraction of sp³-hybridized carbons (Fsp3) is 0.538. The van der Waals surface area contributed by atoms with E-state index in [1.54, 1.807) is 4.31 Å². The Bertz CT molecular complexity index is 475. The highest BCUT2D eigenvalue weighted by Crippen LogP contribution is 2.30. The quantitative estimate of drug-likeness (QED) is 0.828. The van der Waals surface area contributed by atoms with Gasteiger partial charge >= 0.3 is 0 Å². The lowest BCUT2D eigenvalue weighted by atomic mass is 10.1. The van der Waals surface area contributed by atoms with Crippen molar-refractivity contribution in [2.75, 3.05) is 19.6 Å². The van der Waals surface area contributed by atoms with Crippen LogP contribution in [0.3, 0.4) is 0 Å². The van der Waals surface area contributed by atoms with Crippen molar-refractivity contribution in [3.8, 4) is 0 Å². The van der Waals surface area contributed by atoms with Crippen molar-refractivity contribution in [1.82, 2.24) is 4.31 Å². The van der Waals surface area contributed by atoms with Crippen LogP contribution in [0.15, 0.2) is 30.3 Å². The maximum atomic E-state index is 12.2. The van der Waals surface area contributed by atoms with Crippen molar-refractivity contribution in [2.45, 2.75) is 24.5 Å². The Labute approximate surface area is 121 Å². The van der Waals surface area contributed by atoms with E-state index >= 15 is 0 Å². The van der Waals surface area contributed by atoms with Gasteiger partial charge in [-0.1, -0.05) is 30.3 Å². The first-order chi connectivity index (χ1) is 8.64. The highest BCUT2D eigenvalue weighted by molar-refractivity contribution is 7.90. The topological polar surface area (TPSA) is 63.4 Å². The predicted octanol–water partition coefficient (Wildman–Crippen LogP) is 1.40. The molecule has 0 bridgehead atoms. The van der Waals surface area contributed by atoms with Gasteiger partial charge in [-0.2, -0.15) is 0 Å². The lowest BCUT2D eigenvalue weighted by Crippen LogP contribution is -2.38. The van der Waals surface area contributed by atoms with Gasteiger partial charge in [-0.3, -0.25) is 0 Å². The smallest absolute Gasteiger partial charge is 0.217 e. The number of nitrogens with two attached hydrogens (primary N) is 1. The van der Waals surface area contributed by atoms with E-state index in [1.165, 1.54) is 0 Å². The van der Waals surface area contributed by atoms with Gasteiger partial charge in [-0.05, 0) is 24.8 Å². The summed E-state index contributed by atoms with van der Waals surface area (Å²) >= 11 is 0. The zero-order chi connectivity index (χ0) is 13.0. The standard InChI is InChI=1S/C13H20N2O2S.ClH/c14-9-11-15(18(16,17)13-6-7-13)10-8-12-4-2-1-3-5-12;/h1-5,13H,6-11,14H2;1H. The van der Waals surface area contributed by atoms with Gasteiger partial charge < -0.3 is 5.73 Å². The van der Waals surface area contributed by atoms with Crippen LogP contribution in [-0.4, -0.2) is 37.6 Å². The Morgan fingerprint density at radius 2 is 1.79 bits per heavy atom. The summed E-state index contributed by atoms with van der Waals surface area (Å²) < 4.78 is 25.9. The van der Waals surface area contributed by atoms with Crippen LogP contribution >= 0.6 is 12.4 Å². The fourth-order valence-electron chi connectivity index (χ4n) is 1.99. The van der Waals surface area contributed by atoms with Crippen molar-refractivity contribution in [1.29, 1.82) is 0 Å². The largest absolute Gasteiger partial charge is 0.329 e. The Kier molecular flexibility index (Phi) is 6.26. The van der Waals surface area contributed by atoms with E-state index in [-0.39, 0.29) is 17.7 Å². The van der Waals surface area contributed by atoms with E-state index in [4.69, 9.17) is 5.73 Å². The average molecular weight is 305 g/mol. The molecule has 2 rings (SSSR count). The molecule has 1 aliphatic carbocycles. The molecule has 0 saturated heterocycles. The van der Waals surface area contributed by atoms with Gasteiger partial charge in [-0.25, -0.2) is 12.7 Å². The first-order valence-electron chi connectivity index (χ1n) is 6.37. The molecule has 0 aromatic heterocycles. The number of rotatable bonds is 7. The lowest BCUT2D eigenvalue weighted by molar-refractivity contribution is 0.421. The minimum atomic E-state index is -3.11. The normalized spacial score (nSPS) is 15.3. The molecule has 108 valence electrons. The molecule has 1 aromatic rings. The van der Waals surface area contributed by atoms with Crippen molar-refractivity contribution in [2.24, 2.45) is 5.73 Å². The molecule has 0 spiro atoms.